The van der Waals surface area contributed by atoms with Gasteiger partial charge < -0.3 is 9.05 Å². The van der Waals surface area contributed by atoms with Crippen LogP contribution in [0.25, 0.3) is 0 Å². The maximum atomic E-state index is 6.11. The van der Waals surface area contributed by atoms with Gasteiger partial charge >= 0.3 is 0 Å². The lowest BCUT2D eigenvalue weighted by atomic mass is 9.62. The van der Waals surface area contributed by atoms with E-state index < -0.39 is 5.84 Å². The molecule has 0 aromatic carbocycles. The SMILES string of the molecule is CC1CC2OP(=S)(Cl)OC(C)C2C(C)(C)C1. The van der Waals surface area contributed by atoms with Gasteiger partial charge in [0.05, 0.1) is 12.2 Å². The van der Waals surface area contributed by atoms with Crippen molar-refractivity contribution in [1.29, 1.82) is 0 Å². The number of halogens is 1. The molecular formula is C11H20ClO2PS. The quantitative estimate of drug-likeness (QED) is 0.616. The fraction of sp³-hybridized carbons (Fsp3) is 1.00. The van der Waals surface area contributed by atoms with Gasteiger partial charge in [0, 0.05) is 5.92 Å². The van der Waals surface area contributed by atoms with Crippen molar-refractivity contribution >= 4 is 28.9 Å². The van der Waals surface area contributed by atoms with Crippen LogP contribution in [-0.2, 0) is 20.9 Å². The highest BCUT2D eigenvalue weighted by Crippen LogP contribution is 2.64. The molecule has 5 unspecified atom stereocenters. The van der Waals surface area contributed by atoms with Crippen molar-refractivity contribution in [2.24, 2.45) is 17.3 Å². The second kappa shape index (κ2) is 4.20. The average Bonchev–Trinajstić information content (AvgIpc) is 1.94. The van der Waals surface area contributed by atoms with Crippen LogP contribution >= 0.6 is 17.1 Å². The molecule has 0 aromatic rings. The molecule has 0 N–H and O–H groups in total. The van der Waals surface area contributed by atoms with E-state index in [2.05, 4.69) is 27.7 Å². The minimum absolute atomic E-state index is 0.115. The summed E-state index contributed by atoms with van der Waals surface area (Å²) in [6, 6.07) is 0. The summed E-state index contributed by atoms with van der Waals surface area (Å²) in [7, 11) is 0. The van der Waals surface area contributed by atoms with Crippen molar-refractivity contribution in [3.05, 3.63) is 0 Å². The van der Waals surface area contributed by atoms with Gasteiger partial charge in [-0.15, -0.1) is 0 Å². The van der Waals surface area contributed by atoms with E-state index in [0.29, 0.717) is 11.8 Å². The summed E-state index contributed by atoms with van der Waals surface area (Å²) in [5.41, 5.74) is 0.244. The lowest BCUT2D eigenvalue weighted by Gasteiger charge is -2.52. The van der Waals surface area contributed by atoms with Crippen LogP contribution < -0.4 is 0 Å². The van der Waals surface area contributed by atoms with Crippen molar-refractivity contribution < 1.29 is 9.05 Å². The summed E-state index contributed by atoms with van der Waals surface area (Å²) in [5, 5.41) is 0. The zero-order valence-electron chi connectivity index (χ0n) is 10.3. The fourth-order valence-corrected chi connectivity index (χ4v) is 6.20. The first-order valence-corrected chi connectivity index (χ1v) is 9.42. The van der Waals surface area contributed by atoms with E-state index in [9.17, 15) is 0 Å². The minimum Gasteiger partial charge on any atom is -0.315 e. The predicted octanol–water partition coefficient (Wildman–Crippen LogP) is 4.33. The third-order valence-corrected chi connectivity index (χ3v) is 5.97. The van der Waals surface area contributed by atoms with Crippen LogP contribution in [0.2, 0.25) is 0 Å². The summed E-state index contributed by atoms with van der Waals surface area (Å²) < 4.78 is 11.5. The first-order valence-electron chi connectivity index (χ1n) is 5.88. The maximum Gasteiger partial charge on any atom is 0.282 e. The average molecular weight is 283 g/mol. The van der Waals surface area contributed by atoms with E-state index >= 15 is 0 Å². The molecule has 0 aromatic heterocycles. The van der Waals surface area contributed by atoms with Gasteiger partial charge in [0.15, 0.2) is 0 Å². The van der Waals surface area contributed by atoms with Crippen molar-refractivity contribution in [2.75, 3.05) is 0 Å². The molecule has 2 aliphatic rings. The van der Waals surface area contributed by atoms with Crippen LogP contribution in [0.15, 0.2) is 0 Å². The predicted molar refractivity (Wildman–Crippen MR) is 71.2 cm³/mol. The lowest BCUT2D eigenvalue weighted by molar-refractivity contribution is -0.0946. The van der Waals surface area contributed by atoms with Crippen molar-refractivity contribution in [3.8, 4) is 0 Å². The molecule has 0 spiro atoms. The molecule has 2 fully saturated rings. The van der Waals surface area contributed by atoms with E-state index in [1.807, 2.05) is 0 Å². The molecule has 1 saturated heterocycles. The summed E-state index contributed by atoms with van der Waals surface area (Å²) in [4.78, 5) is 0. The van der Waals surface area contributed by atoms with E-state index in [1.165, 1.54) is 6.42 Å². The van der Waals surface area contributed by atoms with Crippen LogP contribution in [0, 0.1) is 17.3 Å². The number of rotatable bonds is 0. The molecule has 2 rings (SSSR count). The van der Waals surface area contributed by atoms with Gasteiger partial charge in [0.25, 0.3) is 5.84 Å². The Hall–Kier alpha value is 0.860. The topological polar surface area (TPSA) is 18.5 Å². The normalized spacial score (nSPS) is 52.1. The highest BCUT2D eigenvalue weighted by molar-refractivity contribution is 8.22. The molecule has 0 amide bonds. The van der Waals surface area contributed by atoms with Gasteiger partial charge in [0.1, 0.15) is 0 Å². The third-order valence-electron chi connectivity index (χ3n) is 3.87. The molecule has 94 valence electrons. The Labute approximate surface area is 108 Å². The first kappa shape index (κ1) is 13.3. The molecule has 1 saturated carbocycles. The van der Waals surface area contributed by atoms with E-state index in [1.54, 1.807) is 0 Å². The monoisotopic (exact) mass is 282 g/mol. The van der Waals surface area contributed by atoms with Gasteiger partial charge in [-0.1, -0.05) is 20.8 Å². The zero-order chi connectivity index (χ0) is 12.1. The van der Waals surface area contributed by atoms with Gasteiger partial charge in [-0.05, 0) is 54.1 Å². The smallest absolute Gasteiger partial charge is 0.282 e. The van der Waals surface area contributed by atoms with Crippen molar-refractivity contribution in [1.82, 2.24) is 0 Å². The number of hydrogen-bond acceptors (Lipinski definition) is 3. The summed E-state index contributed by atoms with van der Waals surface area (Å²) in [6.07, 6.45) is 2.58. The second-order valence-corrected chi connectivity index (χ2v) is 10.6. The molecule has 0 radical (unpaired) electrons. The van der Waals surface area contributed by atoms with Crippen LogP contribution in [0.3, 0.4) is 0 Å². The first-order chi connectivity index (χ1) is 7.21. The Morgan fingerprint density at radius 3 is 2.56 bits per heavy atom. The Balaban J connectivity index is 2.27. The second-order valence-electron chi connectivity index (χ2n) is 5.94. The van der Waals surface area contributed by atoms with Crippen LogP contribution in [-0.4, -0.2) is 12.2 Å². The highest BCUT2D eigenvalue weighted by Gasteiger charge is 2.50. The molecule has 5 atom stereocenters. The molecule has 0 bridgehead atoms. The standard InChI is InChI=1S/C11H20ClO2PS/c1-7-5-9-10(11(3,4)6-7)8(2)13-15(12,16)14-9/h7-10H,5-6H2,1-4H3. The van der Waals surface area contributed by atoms with Crippen LogP contribution in [0.1, 0.15) is 40.5 Å². The number of fused-ring (bicyclic) bond motifs is 1. The zero-order valence-corrected chi connectivity index (χ0v) is 12.7. The summed E-state index contributed by atoms with van der Waals surface area (Å²) in [5.74, 6) is -1.42. The van der Waals surface area contributed by atoms with E-state index in [4.69, 9.17) is 32.1 Å². The molecule has 2 nitrogen and oxygen atoms in total. The molecular weight excluding hydrogens is 263 g/mol. The summed E-state index contributed by atoms with van der Waals surface area (Å²) in [6.45, 7) is 8.96. The van der Waals surface area contributed by atoms with Gasteiger partial charge in [-0.25, -0.2) is 0 Å². The minimum atomic E-state index is -2.51. The van der Waals surface area contributed by atoms with Gasteiger partial charge in [-0.2, -0.15) is 0 Å². The van der Waals surface area contributed by atoms with Crippen molar-refractivity contribution in [2.45, 2.75) is 52.7 Å². The Morgan fingerprint density at radius 1 is 1.31 bits per heavy atom. The molecule has 1 aliphatic heterocycles. The molecule has 16 heavy (non-hydrogen) atoms. The fourth-order valence-electron chi connectivity index (χ4n) is 3.66. The van der Waals surface area contributed by atoms with E-state index in [0.717, 1.165) is 6.42 Å². The molecule has 1 heterocycles. The Kier molecular flexibility index (Phi) is 3.49. The Bertz CT molecular complexity index is 334. The van der Waals surface area contributed by atoms with Gasteiger partial charge in [0.2, 0.25) is 0 Å². The van der Waals surface area contributed by atoms with E-state index in [-0.39, 0.29) is 17.6 Å². The maximum absolute atomic E-state index is 6.11. The third kappa shape index (κ3) is 2.49. The highest BCUT2D eigenvalue weighted by atomic mass is 35.7. The largest absolute Gasteiger partial charge is 0.315 e. The summed E-state index contributed by atoms with van der Waals surface area (Å²) >= 11 is 11.3. The van der Waals surface area contributed by atoms with Crippen molar-refractivity contribution in [3.63, 3.8) is 0 Å². The van der Waals surface area contributed by atoms with Gasteiger partial charge in [-0.3, -0.25) is 0 Å². The van der Waals surface area contributed by atoms with Crippen LogP contribution in [0.5, 0.6) is 0 Å². The molecule has 5 heteroatoms. The number of hydrogen-bond donors (Lipinski definition) is 0. The Morgan fingerprint density at radius 2 is 1.94 bits per heavy atom. The van der Waals surface area contributed by atoms with Crippen LogP contribution in [0.4, 0.5) is 0 Å². The lowest BCUT2D eigenvalue weighted by Crippen LogP contribution is -2.50. The molecule has 1 aliphatic carbocycles.